The molecular weight excluding hydrogens is 412 g/mol. The Balaban J connectivity index is 1.80. The lowest BCUT2D eigenvalue weighted by molar-refractivity contribution is -0.384. The highest BCUT2D eigenvalue weighted by atomic mass is 32.2. The molecule has 0 atom stereocenters. The molecule has 0 radical (unpaired) electrons. The smallest absolute Gasteiger partial charge is 0.293 e. The van der Waals surface area contributed by atoms with Crippen molar-refractivity contribution < 1.29 is 28.8 Å². The number of nitrogens with zero attached hydrogens (tertiary/aromatic N) is 2. The number of thioether (sulfide) groups is 1. The molecule has 10 heteroatoms. The maximum Gasteiger partial charge on any atom is 0.293 e. The van der Waals surface area contributed by atoms with Crippen molar-refractivity contribution in [3.05, 3.63) is 68.6 Å². The zero-order chi connectivity index (χ0) is 21.8. The first-order valence-corrected chi connectivity index (χ1v) is 9.40. The number of carbonyl (C=O) groups is 3. The monoisotopic (exact) mass is 428 g/mol. The van der Waals surface area contributed by atoms with Crippen LogP contribution in [0.3, 0.4) is 0 Å². The Morgan fingerprint density at radius 3 is 2.43 bits per heavy atom. The maximum absolute atomic E-state index is 12.7. The van der Waals surface area contributed by atoms with Crippen molar-refractivity contribution in [2.24, 2.45) is 0 Å². The van der Waals surface area contributed by atoms with Crippen molar-refractivity contribution in [1.29, 1.82) is 0 Å². The quantitative estimate of drug-likeness (QED) is 0.285. The van der Waals surface area contributed by atoms with Crippen LogP contribution in [-0.4, -0.2) is 47.5 Å². The van der Waals surface area contributed by atoms with Gasteiger partial charge in [0.25, 0.3) is 16.8 Å². The number of Topliss-reactive ketones (excluding diaryl/α,β-unsaturated/α-hetero) is 1. The molecule has 0 N–H and O–H groups in total. The molecule has 0 bridgehead atoms. The van der Waals surface area contributed by atoms with Crippen LogP contribution < -0.4 is 9.47 Å². The highest BCUT2D eigenvalue weighted by molar-refractivity contribution is 8.18. The van der Waals surface area contributed by atoms with Gasteiger partial charge >= 0.3 is 0 Å². The third-order valence-corrected chi connectivity index (χ3v) is 5.21. The minimum absolute atomic E-state index is 0.142. The minimum atomic E-state index is -0.606. The highest BCUT2D eigenvalue weighted by Crippen LogP contribution is 2.35. The van der Waals surface area contributed by atoms with Crippen molar-refractivity contribution >= 4 is 40.5 Å². The zero-order valence-corrected chi connectivity index (χ0v) is 16.8. The van der Waals surface area contributed by atoms with Gasteiger partial charge in [0.05, 0.1) is 30.6 Å². The van der Waals surface area contributed by atoms with E-state index >= 15 is 0 Å². The van der Waals surface area contributed by atoms with Crippen LogP contribution in [0.5, 0.6) is 11.5 Å². The third kappa shape index (κ3) is 4.33. The van der Waals surface area contributed by atoms with Gasteiger partial charge in [0.2, 0.25) is 0 Å². The molecule has 30 heavy (non-hydrogen) atoms. The van der Waals surface area contributed by atoms with Crippen molar-refractivity contribution in [1.82, 2.24) is 4.90 Å². The van der Waals surface area contributed by atoms with Crippen LogP contribution in [-0.2, 0) is 4.79 Å². The maximum atomic E-state index is 12.7. The van der Waals surface area contributed by atoms with Crippen LogP contribution in [0.4, 0.5) is 10.5 Å². The number of amides is 2. The van der Waals surface area contributed by atoms with E-state index in [9.17, 15) is 24.5 Å². The van der Waals surface area contributed by atoms with Gasteiger partial charge in [0.15, 0.2) is 5.78 Å². The van der Waals surface area contributed by atoms with Crippen molar-refractivity contribution in [3.63, 3.8) is 0 Å². The fourth-order valence-electron chi connectivity index (χ4n) is 2.73. The number of non-ortho nitro benzene ring substituents is 1. The lowest BCUT2D eigenvalue weighted by atomic mass is 10.1. The number of carbonyl (C=O) groups excluding carboxylic acids is 3. The lowest BCUT2D eigenvalue weighted by Gasteiger charge is -2.11. The molecule has 2 aromatic carbocycles. The summed E-state index contributed by atoms with van der Waals surface area (Å²) in [5, 5.41) is 10.1. The van der Waals surface area contributed by atoms with E-state index in [1.54, 1.807) is 18.2 Å². The summed E-state index contributed by atoms with van der Waals surface area (Å²) < 4.78 is 10.4. The average Bonchev–Trinajstić information content (AvgIpc) is 3.01. The summed E-state index contributed by atoms with van der Waals surface area (Å²) in [4.78, 5) is 48.5. The largest absolute Gasteiger partial charge is 0.497 e. The van der Waals surface area contributed by atoms with Crippen molar-refractivity contribution in [3.8, 4) is 11.5 Å². The van der Waals surface area contributed by atoms with Gasteiger partial charge in [0, 0.05) is 23.3 Å². The van der Waals surface area contributed by atoms with Gasteiger partial charge < -0.3 is 9.47 Å². The van der Waals surface area contributed by atoms with Gasteiger partial charge in [-0.3, -0.25) is 29.4 Å². The Morgan fingerprint density at radius 1 is 1.13 bits per heavy atom. The first-order valence-electron chi connectivity index (χ1n) is 8.59. The van der Waals surface area contributed by atoms with E-state index in [1.165, 1.54) is 44.6 Å². The van der Waals surface area contributed by atoms with Gasteiger partial charge in [-0.05, 0) is 48.2 Å². The molecule has 3 rings (SSSR count). The number of hydrogen-bond acceptors (Lipinski definition) is 8. The van der Waals surface area contributed by atoms with Gasteiger partial charge in [0.1, 0.15) is 11.5 Å². The topological polar surface area (TPSA) is 116 Å². The standard InChI is InChI=1S/C20H16N2O7S/c1-28-15-7-8-17(29-2)13(9-15)10-18-19(24)21(20(25)30-18)11-16(23)12-3-5-14(6-4-12)22(26)27/h3-10H,11H2,1-2H3/b18-10+. The Bertz CT molecular complexity index is 1060. The van der Waals surface area contributed by atoms with Crippen LogP contribution in [0.25, 0.3) is 6.08 Å². The second-order valence-electron chi connectivity index (χ2n) is 6.10. The summed E-state index contributed by atoms with van der Waals surface area (Å²) in [7, 11) is 2.98. The Kier molecular flexibility index (Phi) is 6.17. The number of imide groups is 1. The lowest BCUT2D eigenvalue weighted by Crippen LogP contribution is -2.33. The van der Waals surface area contributed by atoms with Crippen LogP contribution in [0, 0.1) is 10.1 Å². The van der Waals surface area contributed by atoms with Gasteiger partial charge in [-0.15, -0.1) is 0 Å². The molecule has 154 valence electrons. The Morgan fingerprint density at radius 2 is 1.83 bits per heavy atom. The van der Waals surface area contributed by atoms with E-state index in [1.807, 2.05) is 0 Å². The molecule has 0 aromatic heterocycles. The molecule has 1 heterocycles. The molecule has 1 saturated heterocycles. The molecule has 0 spiro atoms. The van der Waals surface area contributed by atoms with Crippen LogP contribution in [0.1, 0.15) is 15.9 Å². The van der Waals surface area contributed by atoms with Crippen molar-refractivity contribution in [2.45, 2.75) is 0 Å². The molecule has 0 unspecified atom stereocenters. The van der Waals surface area contributed by atoms with E-state index < -0.39 is 28.4 Å². The average molecular weight is 428 g/mol. The molecule has 2 aromatic rings. The van der Waals surface area contributed by atoms with E-state index in [0.717, 1.165) is 4.90 Å². The van der Waals surface area contributed by atoms with Gasteiger partial charge in [-0.2, -0.15) is 0 Å². The highest BCUT2D eigenvalue weighted by Gasteiger charge is 2.36. The SMILES string of the molecule is COc1ccc(OC)c(/C=C2/SC(=O)N(CC(=O)c3ccc([N+](=O)[O-])cc3)C2=O)c1. The van der Waals surface area contributed by atoms with Gasteiger partial charge in [-0.25, -0.2) is 0 Å². The molecule has 1 aliphatic rings. The van der Waals surface area contributed by atoms with E-state index in [0.29, 0.717) is 28.8 Å². The fraction of sp³-hybridized carbons (Fsp3) is 0.150. The number of rotatable bonds is 7. The predicted molar refractivity (Wildman–Crippen MR) is 110 cm³/mol. The fourth-order valence-corrected chi connectivity index (χ4v) is 3.56. The van der Waals surface area contributed by atoms with E-state index in [4.69, 9.17) is 9.47 Å². The molecule has 0 saturated carbocycles. The first-order chi connectivity index (χ1) is 14.3. The predicted octanol–water partition coefficient (Wildman–Crippen LogP) is 3.53. The summed E-state index contributed by atoms with van der Waals surface area (Å²) in [5.74, 6) is -0.0725. The summed E-state index contributed by atoms with van der Waals surface area (Å²) in [6, 6.07) is 9.99. The summed E-state index contributed by atoms with van der Waals surface area (Å²) >= 11 is 0.713. The van der Waals surface area contributed by atoms with Gasteiger partial charge in [-0.1, -0.05) is 0 Å². The Hall–Kier alpha value is -3.66. The van der Waals surface area contributed by atoms with Crippen LogP contribution >= 0.6 is 11.8 Å². The Labute approximate surface area is 175 Å². The van der Waals surface area contributed by atoms with Crippen LogP contribution in [0.2, 0.25) is 0 Å². The number of ether oxygens (including phenoxy) is 2. The molecule has 1 aliphatic heterocycles. The first kappa shape index (κ1) is 21.1. The molecular formula is C20H16N2O7S. The van der Waals surface area contributed by atoms with E-state index in [2.05, 4.69) is 0 Å². The molecule has 2 amide bonds. The number of methoxy groups -OCH3 is 2. The number of benzene rings is 2. The van der Waals surface area contributed by atoms with E-state index in [-0.39, 0.29) is 16.2 Å². The summed E-state index contributed by atoms with van der Waals surface area (Å²) in [6.45, 7) is -0.463. The third-order valence-electron chi connectivity index (χ3n) is 4.30. The zero-order valence-electron chi connectivity index (χ0n) is 16.0. The number of nitro groups is 1. The normalized spacial score (nSPS) is 14.9. The molecule has 9 nitrogen and oxygen atoms in total. The molecule has 0 aliphatic carbocycles. The van der Waals surface area contributed by atoms with Crippen LogP contribution in [0.15, 0.2) is 47.4 Å². The number of ketones is 1. The second-order valence-corrected chi connectivity index (χ2v) is 7.10. The number of nitro benzene ring substituents is 1. The summed E-state index contributed by atoms with van der Waals surface area (Å²) in [5.41, 5.74) is 0.551. The second kappa shape index (κ2) is 8.78. The summed E-state index contributed by atoms with van der Waals surface area (Å²) in [6.07, 6.45) is 1.50. The van der Waals surface area contributed by atoms with Crippen molar-refractivity contribution in [2.75, 3.05) is 20.8 Å². The minimum Gasteiger partial charge on any atom is -0.497 e. The number of hydrogen-bond donors (Lipinski definition) is 0. The molecule has 1 fully saturated rings.